The monoisotopic (exact) mass is 323 g/mol. The number of nitrogens with one attached hydrogen (secondary N) is 2. The molecule has 5 nitrogen and oxygen atoms in total. The lowest BCUT2D eigenvalue weighted by Crippen LogP contribution is -2.16. The topological polar surface area (TPSA) is 74.8 Å². The molecule has 1 amide bonds. The van der Waals surface area contributed by atoms with Crippen molar-refractivity contribution in [1.82, 2.24) is 9.97 Å². The molecule has 1 aromatic heterocycles. The Morgan fingerprint density at radius 3 is 2.95 bits per heavy atom. The number of rotatable bonds is 4. The van der Waals surface area contributed by atoms with Crippen LogP contribution >= 0.6 is 23.4 Å². The predicted octanol–water partition coefficient (Wildman–Crippen LogP) is 2.77. The van der Waals surface area contributed by atoms with Crippen LogP contribution in [0.1, 0.15) is 11.1 Å². The Hall–Kier alpha value is -1.79. The zero-order valence-corrected chi connectivity index (χ0v) is 13.1. The van der Waals surface area contributed by atoms with Gasteiger partial charge in [-0.3, -0.25) is 4.79 Å². The number of amides is 1. The number of halogens is 1. The molecule has 7 heteroatoms. The molecular weight excluding hydrogens is 310 g/mol. The number of H-pyrrole nitrogens is 1. The van der Waals surface area contributed by atoms with Gasteiger partial charge in [-0.05, 0) is 37.1 Å². The van der Waals surface area contributed by atoms with Crippen LogP contribution in [-0.2, 0) is 4.79 Å². The number of nitrogens with zero attached hydrogens (tertiary/aromatic N) is 1. The Morgan fingerprint density at radius 1 is 1.43 bits per heavy atom. The fourth-order valence-electron chi connectivity index (χ4n) is 1.66. The fourth-order valence-corrected chi connectivity index (χ4v) is 2.62. The van der Waals surface area contributed by atoms with E-state index in [-0.39, 0.29) is 11.7 Å². The lowest BCUT2D eigenvalue weighted by Gasteiger charge is -2.09. The lowest BCUT2D eigenvalue weighted by atomic mass is 10.2. The normalized spacial score (nSPS) is 10.4. The summed E-state index contributed by atoms with van der Waals surface area (Å²) in [7, 11) is 0. The molecule has 1 heterocycles. The van der Waals surface area contributed by atoms with Crippen LogP contribution < -0.4 is 11.0 Å². The number of carbonyl (C=O) groups excluding carboxylic acids is 1. The van der Waals surface area contributed by atoms with E-state index in [1.807, 2.05) is 13.8 Å². The summed E-state index contributed by atoms with van der Waals surface area (Å²) in [6.45, 7) is 3.67. The number of aromatic nitrogens is 2. The van der Waals surface area contributed by atoms with Crippen molar-refractivity contribution in [3.05, 3.63) is 51.0 Å². The molecule has 1 aromatic carbocycles. The van der Waals surface area contributed by atoms with Crippen molar-refractivity contribution in [1.29, 1.82) is 0 Å². The quantitative estimate of drug-likeness (QED) is 0.670. The van der Waals surface area contributed by atoms with Gasteiger partial charge < -0.3 is 10.3 Å². The number of anilines is 1. The standard InChI is InChI=1S/C14H14ClN3O2S/c1-8-6-16-14(20)18-13(8)21-7-12(19)17-11-5-3-4-10(15)9(11)2/h3-6H,7H2,1-2H3,(H,17,19)(H,16,18,20). The molecule has 0 radical (unpaired) electrons. The van der Waals surface area contributed by atoms with Crippen molar-refractivity contribution >= 4 is 35.0 Å². The number of aryl methyl sites for hydroxylation is 1. The Morgan fingerprint density at radius 2 is 2.19 bits per heavy atom. The number of hydrogen-bond donors (Lipinski definition) is 2. The summed E-state index contributed by atoms with van der Waals surface area (Å²) in [4.78, 5) is 29.4. The molecule has 2 aromatic rings. The fraction of sp³-hybridized carbons (Fsp3) is 0.214. The van der Waals surface area contributed by atoms with E-state index < -0.39 is 5.69 Å². The van der Waals surface area contributed by atoms with Crippen LogP contribution in [0.5, 0.6) is 0 Å². The van der Waals surface area contributed by atoms with Crippen LogP contribution in [0.25, 0.3) is 0 Å². The minimum absolute atomic E-state index is 0.164. The highest BCUT2D eigenvalue weighted by Crippen LogP contribution is 2.23. The van der Waals surface area contributed by atoms with Crippen molar-refractivity contribution in [3.63, 3.8) is 0 Å². The van der Waals surface area contributed by atoms with Crippen molar-refractivity contribution < 1.29 is 4.79 Å². The number of aromatic amines is 1. The van der Waals surface area contributed by atoms with Crippen molar-refractivity contribution in [2.24, 2.45) is 0 Å². The smallest absolute Gasteiger partial charge is 0.325 e. The first kappa shape index (κ1) is 15.6. The van der Waals surface area contributed by atoms with E-state index in [4.69, 9.17) is 11.6 Å². The summed E-state index contributed by atoms with van der Waals surface area (Å²) in [5.41, 5.74) is 1.92. The largest absolute Gasteiger partial charge is 0.345 e. The highest BCUT2D eigenvalue weighted by atomic mass is 35.5. The van der Waals surface area contributed by atoms with Gasteiger partial charge in [0.1, 0.15) is 0 Å². The van der Waals surface area contributed by atoms with Gasteiger partial charge >= 0.3 is 5.69 Å². The van der Waals surface area contributed by atoms with E-state index in [9.17, 15) is 9.59 Å². The highest BCUT2D eigenvalue weighted by Gasteiger charge is 2.09. The van der Waals surface area contributed by atoms with E-state index in [1.165, 1.54) is 18.0 Å². The molecule has 0 unspecified atom stereocenters. The van der Waals surface area contributed by atoms with E-state index >= 15 is 0 Å². The summed E-state index contributed by atoms with van der Waals surface area (Å²) in [6.07, 6.45) is 1.49. The molecule has 0 aliphatic rings. The first-order valence-corrected chi connectivity index (χ1v) is 7.57. The molecule has 0 spiro atoms. The Kier molecular flexibility index (Phi) is 5.03. The van der Waals surface area contributed by atoms with Crippen LogP contribution in [0, 0.1) is 13.8 Å². The van der Waals surface area contributed by atoms with E-state index in [0.717, 1.165) is 11.1 Å². The van der Waals surface area contributed by atoms with Gasteiger partial charge in [-0.25, -0.2) is 9.78 Å². The Labute approximate surface area is 131 Å². The summed E-state index contributed by atoms with van der Waals surface area (Å²) in [5.74, 6) is 0.0228. The van der Waals surface area contributed by atoms with Gasteiger partial charge in [0.2, 0.25) is 5.91 Å². The van der Waals surface area contributed by atoms with Gasteiger partial charge in [0.05, 0.1) is 10.8 Å². The number of hydrogen-bond acceptors (Lipinski definition) is 4. The van der Waals surface area contributed by atoms with E-state index in [0.29, 0.717) is 15.7 Å². The predicted molar refractivity (Wildman–Crippen MR) is 85.1 cm³/mol. The average Bonchev–Trinajstić information content (AvgIpc) is 2.45. The molecule has 21 heavy (non-hydrogen) atoms. The number of thioether (sulfide) groups is 1. The SMILES string of the molecule is Cc1cnc(=O)[nH]c1SCC(=O)Nc1cccc(Cl)c1C. The lowest BCUT2D eigenvalue weighted by molar-refractivity contribution is -0.113. The zero-order chi connectivity index (χ0) is 15.4. The highest BCUT2D eigenvalue weighted by molar-refractivity contribution is 8.00. The molecule has 0 bridgehead atoms. The van der Waals surface area contributed by atoms with Gasteiger partial charge in [0.15, 0.2) is 0 Å². The third kappa shape index (κ3) is 4.09. The molecule has 2 rings (SSSR count). The zero-order valence-electron chi connectivity index (χ0n) is 11.6. The summed E-state index contributed by atoms with van der Waals surface area (Å²) in [6, 6.07) is 5.35. The Balaban J connectivity index is 2.01. The van der Waals surface area contributed by atoms with Crippen LogP contribution in [0.3, 0.4) is 0 Å². The van der Waals surface area contributed by atoms with Crippen LogP contribution in [-0.4, -0.2) is 21.6 Å². The van der Waals surface area contributed by atoms with Gasteiger partial charge in [-0.2, -0.15) is 0 Å². The third-order valence-electron chi connectivity index (χ3n) is 2.84. The summed E-state index contributed by atoms with van der Waals surface area (Å²) >= 11 is 7.26. The maximum Gasteiger partial charge on any atom is 0.345 e. The van der Waals surface area contributed by atoms with Crippen LogP contribution in [0.4, 0.5) is 5.69 Å². The van der Waals surface area contributed by atoms with Crippen LogP contribution in [0.15, 0.2) is 34.2 Å². The minimum atomic E-state index is -0.422. The second kappa shape index (κ2) is 6.78. The maximum atomic E-state index is 12.0. The first-order chi connectivity index (χ1) is 9.97. The van der Waals surface area contributed by atoms with Crippen molar-refractivity contribution in [2.75, 3.05) is 11.1 Å². The summed E-state index contributed by atoms with van der Waals surface area (Å²) in [5, 5.41) is 4.06. The summed E-state index contributed by atoms with van der Waals surface area (Å²) < 4.78 is 0. The van der Waals surface area contributed by atoms with Gasteiger partial charge in [0, 0.05) is 16.9 Å². The molecule has 2 N–H and O–H groups in total. The molecule has 0 atom stereocenters. The molecule has 110 valence electrons. The van der Waals surface area contributed by atoms with Gasteiger partial charge in [-0.1, -0.05) is 29.4 Å². The van der Waals surface area contributed by atoms with Crippen LogP contribution in [0.2, 0.25) is 5.02 Å². The first-order valence-electron chi connectivity index (χ1n) is 6.21. The molecule has 0 aliphatic heterocycles. The van der Waals surface area contributed by atoms with E-state index in [1.54, 1.807) is 18.2 Å². The van der Waals surface area contributed by atoms with Crippen molar-refractivity contribution in [3.8, 4) is 0 Å². The van der Waals surface area contributed by atoms with Crippen molar-refractivity contribution in [2.45, 2.75) is 18.9 Å². The molecule has 0 saturated heterocycles. The van der Waals surface area contributed by atoms with E-state index in [2.05, 4.69) is 15.3 Å². The molecule has 0 fully saturated rings. The van der Waals surface area contributed by atoms with Gasteiger partial charge in [-0.15, -0.1) is 0 Å². The second-order valence-electron chi connectivity index (χ2n) is 4.45. The molecule has 0 saturated carbocycles. The second-order valence-corrected chi connectivity index (χ2v) is 5.84. The number of benzene rings is 1. The average molecular weight is 324 g/mol. The van der Waals surface area contributed by atoms with Gasteiger partial charge in [0.25, 0.3) is 0 Å². The Bertz CT molecular complexity index is 730. The third-order valence-corrected chi connectivity index (χ3v) is 4.37. The maximum absolute atomic E-state index is 12.0. The minimum Gasteiger partial charge on any atom is -0.325 e. The number of carbonyl (C=O) groups is 1. The molecule has 0 aliphatic carbocycles. The molecular formula is C14H14ClN3O2S.